The molecule has 5 rings (SSSR count). The Hall–Kier alpha value is -2.13. The van der Waals surface area contributed by atoms with Gasteiger partial charge in [0.15, 0.2) is 12.6 Å². The standard InChI is InChI=1S/C25H24BrNO5/c26-18-12-7-13-27-19(18)14-20-22-23(32-24(29-20)16-8-3-1-4-9-16)21(15-28)30-25(31-22)17-10-5-2-6-11-17/h1-13,20-25,28H,14-15H2/t20-,21-,22+,23-,24?,25?/m1/s1. The summed E-state index contributed by atoms with van der Waals surface area (Å²) >= 11 is 3.59. The van der Waals surface area contributed by atoms with E-state index in [1.54, 1.807) is 6.20 Å². The maximum atomic E-state index is 10.2. The lowest BCUT2D eigenvalue weighted by Gasteiger charge is -2.49. The van der Waals surface area contributed by atoms with E-state index in [0.717, 1.165) is 21.3 Å². The molecule has 166 valence electrons. The maximum Gasteiger partial charge on any atom is 0.184 e. The molecule has 7 heteroatoms. The first kappa shape index (κ1) is 21.7. The normalized spacial score (nSPS) is 29.9. The quantitative estimate of drug-likeness (QED) is 0.565. The van der Waals surface area contributed by atoms with Crippen LogP contribution in [0.5, 0.6) is 0 Å². The van der Waals surface area contributed by atoms with Crippen molar-refractivity contribution in [3.05, 3.63) is 100 Å². The number of benzene rings is 2. The Bertz CT molecular complexity index is 1020. The Morgan fingerprint density at radius 3 is 1.84 bits per heavy atom. The minimum atomic E-state index is -0.621. The van der Waals surface area contributed by atoms with Gasteiger partial charge in [0.1, 0.15) is 18.3 Å². The fraction of sp³-hybridized carbons (Fsp3) is 0.320. The van der Waals surface area contributed by atoms with Crippen LogP contribution in [0.2, 0.25) is 0 Å². The third kappa shape index (κ3) is 4.50. The number of nitrogens with zero attached hydrogens (tertiary/aromatic N) is 1. The van der Waals surface area contributed by atoms with Crippen molar-refractivity contribution in [1.29, 1.82) is 0 Å². The molecule has 3 aromatic rings. The highest BCUT2D eigenvalue weighted by atomic mass is 79.9. The van der Waals surface area contributed by atoms with Crippen LogP contribution in [0, 0.1) is 0 Å². The predicted molar refractivity (Wildman–Crippen MR) is 121 cm³/mol. The van der Waals surface area contributed by atoms with Crippen molar-refractivity contribution in [2.45, 2.75) is 43.4 Å². The third-order valence-electron chi connectivity index (χ3n) is 5.77. The van der Waals surface area contributed by atoms with Crippen LogP contribution in [0.1, 0.15) is 29.4 Å². The zero-order valence-electron chi connectivity index (χ0n) is 17.3. The van der Waals surface area contributed by atoms with Gasteiger partial charge in [-0.3, -0.25) is 4.98 Å². The number of rotatable bonds is 5. The van der Waals surface area contributed by atoms with Crippen molar-refractivity contribution >= 4 is 15.9 Å². The maximum absolute atomic E-state index is 10.2. The van der Waals surface area contributed by atoms with Crippen molar-refractivity contribution in [3.63, 3.8) is 0 Å². The lowest BCUT2D eigenvalue weighted by molar-refractivity contribution is -0.384. The SMILES string of the molecule is OC[C@H]1OC(c2ccccc2)O[C@@H]2[C@@H]1OC(c1ccccc1)O[C@@H]2Cc1ncccc1Br. The molecule has 32 heavy (non-hydrogen) atoms. The van der Waals surface area contributed by atoms with E-state index in [9.17, 15) is 5.11 Å². The summed E-state index contributed by atoms with van der Waals surface area (Å²) < 4.78 is 26.2. The van der Waals surface area contributed by atoms with Crippen LogP contribution in [0.4, 0.5) is 0 Å². The number of fused-ring (bicyclic) bond motifs is 1. The van der Waals surface area contributed by atoms with Crippen LogP contribution in [0.3, 0.4) is 0 Å². The molecular weight excluding hydrogens is 474 g/mol. The van der Waals surface area contributed by atoms with Gasteiger partial charge in [0.05, 0.1) is 18.4 Å². The van der Waals surface area contributed by atoms with Gasteiger partial charge in [0, 0.05) is 28.2 Å². The van der Waals surface area contributed by atoms with Crippen LogP contribution in [-0.4, -0.2) is 41.1 Å². The molecule has 2 fully saturated rings. The zero-order chi connectivity index (χ0) is 21.9. The average molecular weight is 498 g/mol. The van der Waals surface area contributed by atoms with E-state index in [0.29, 0.717) is 6.42 Å². The molecule has 2 aliphatic heterocycles. The van der Waals surface area contributed by atoms with E-state index in [1.165, 1.54) is 0 Å². The van der Waals surface area contributed by atoms with Gasteiger partial charge in [-0.2, -0.15) is 0 Å². The molecule has 2 unspecified atom stereocenters. The Labute approximate surface area is 195 Å². The fourth-order valence-corrected chi connectivity index (χ4v) is 4.60. The van der Waals surface area contributed by atoms with Crippen LogP contribution in [0.15, 0.2) is 83.5 Å². The first-order valence-electron chi connectivity index (χ1n) is 10.6. The molecule has 2 aliphatic rings. The monoisotopic (exact) mass is 497 g/mol. The number of aliphatic hydroxyl groups is 1. The molecule has 3 heterocycles. The summed E-state index contributed by atoms with van der Waals surface area (Å²) in [5.74, 6) is 0. The van der Waals surface area contributed by atoms with Gasteiger partial charge in [-0.15, -0.1) is 0 Å². The highest BCUT2D eigenvalue weighted by Crippen LogP contribution is 2.41. The minimum absolute atomic E-state index is 0.185. The number of ether oxygens (including phenoxy) is 4. The second kappa shape index (κ2) is 9.79. The summed E-state index contributed by atoms with van der Waals surface area (Å²) in [6.07, 6.45) is -0.775. The van der Waals surface area contributed by atoms with Crippen molar-refractivity contribution < 1.29 is 24.1 Å². The van der Waals surface area contributed by atoms with Gasteiger partial charge in [-0.25, -0.2) is 0 Å². The molecule has 0 aliphatic carbocycles. The predicted octanol–water partition coefficient (Wildman–Crippen LogP) is 4.34. The van der Waals surface area contributed by atoms with E-state index in [-0.39, 0.29) is 12.7 Å². The third-order valence-corrected chi connectivity index (χ3v) is 6.49. The summed E-state index contributed by atoms with van der Waals surface area (Å²) in [5, 5.41) is 10.2. The number of pyridine rings is 1. The van der Waals surface area contributed by atoms with Crippen LogP contribution >= 0.6 is 15.9 Å². The van der Waals surface area contributed by atoms with Crippen LogP contribution < -0.4 is 0 Å². The Balaban J connectivity index is 1.48. The van der Waals surface area contributed by atoms with Gasteiger partial charge in [0.25, 0.3) is 0 Å². The van der Waals surface area contributed by atoms with E-state index < -0.39 is 30.9 Å². The molecule has 6 nitrogen and oxygen atoms in total. The van der Waals surface area contributed by atoms with E-state index >= 15 is 0 Å². The van der Waals surface area contributed by atoms with Gasteiger partial charge in [0.2, 0.25) is 0 Å². The molecule has 6 atom stereocenters. The summed E-state index contributed by atoms with van der Waals surface area (Å²) in [6, 6.07) is 23.3. The molecule has 0 saturated carbocycles. The number of hydrogen-bond donors (Lipinski definition) is 1. The largest absolute Gasteiger partial charge is 0.394 e. The Morgan fingerprint density at radius 2 is 1.28 bits per heavy atom. The van der Waals surface area contributed by atoms with Crippen LogP contribution in [0.25, 0.3) is 0 Å². The molecule has 1 N–H and O–H groups in total. The summed E-state index contributed by atoms with van der Waals surface area (Å²) in [4.78, 5) is 4.52. The van der Waals surface area contributed by atoms with Gasteiger partial charge in [-0.05, 0) is 28.1 Å². The number of halogens is 1. The van der Waals surface area contributed by atoms with Crippen molar-refractivity contribution in [1.82, 2.24) is 4.98 Å². The van der Waals surface area contributed by atoms with Crippen LogP contribution in [-0.2, 0) is 25.4 Å². The zero-order valence-corrected chi connectivity index (χ0v) is 18.9. The van der Waals surface area contributed by atoms with E-state index in [1.807, 2.05) is 72.8 Å². The lowest BCUT2D eigenvalue weighted by Crippen LogP contribution is -2.59. The molecule has 2 aromatic carbocycles. The van der Waals surface area contributed by atoms with Gasteiger partial charge >= 0.3 is 0 Å². The molecule has 0 radical (unpaired) electrons. The van der Waals surface area contributed by atoms with E-state index in [4.69, 9.17) is 18.9 Å². The molecule has 1 aromatic heterocycles. The van der Waals surface area contributed by atoms with Gasteiger partial charge < -0.3 is 24.1 Å². The minimum Gasteiger partial charge on any atom is -0.394 e. The number of hydrogen-bond acceptors (Lipinski definition) is 6. The molecule has 0 spiro atoms. The number of aliphatic hydroxyl groups excluding tert-OH is 1. The van der Waals surface area contributed by atoms with Crippen molar-refractivity contribution in [2.75, 3.05) is 6.61 Å². The molecule has 0 amide bonds. The second-order valence-corrected chi connectivity index (χ2v) is 8.71. The summed E-state index contributed by atoms with van der Waals surface area (Å²) in [6.45, 7) is -0.185. The highest BCUT2D eigenvalue weighted by Gasteiger charge is 2.50. The Morgan fingerprint density at radius 1 is 0.719 bits per heavy atom. The smallest absolute Gasteiger partial charge is 0.184 e. The molecular formula is C25H24BrNO5. The summed E-state index contributed by atoms with van der Waals surface area (Å²) in [7, 11) is 0. The average Bonchev–Trinajstić information content (AvgIpc) is 2.86. The summed E-state index contributed by atoms with van der Waals surface area (Å²) in [5.41, 5.74) is 2.65. The molecule has 0 bridgehead atoms. The number of aromatic nitrogens is 1. The first-order valence-corrected chi connectivity index (χ1v) is 11.4. The van der Waals surface area contributed by atoms with Gasteiger partial charge in [-0.1, -0.05) is 60.7 Å². The second-order valence-electron chi connectivity index (χ2n) is 7.85. The Kier molecular flexibility index (Phi) is 6.64. The fourth-order valence-electron chi connectivity index (χ4n) is 4.18. The van der Waals surface area contributed by atoms with Crippen molar-refractivity contribution in [2.24, 2.45) is 0 Å². The lowest BCUT2D eigenvalue weighted by atomic mass is 9.95. The molecule has 2 saturated heterocycles. The highest BCUT2D eigenvalue weighted by molar-refractivity contribution is 9.10. The topological polar surface area (TPSA) is 70.0 Å². The van der Waals surface area contributed by atoms with Crippen molar-refractivity contribution in [3.8, 4) is 0 Å². The first-order chi connectivity index (χ1) is 15.7. The van der Waals surface area contributed by atoms with E-state index in [2.05, 4.69) is 20.9 Å².